The summed E-state index contributed by atoms with van der Waals surface area (Å²) in [5.41, 5.74) is 1.90. The Morgan fingerprint density at radius 2 is 1.79 bits per heavy atom. The van der Waals surface area contributed by atoms with Gasteiger partial charge in [0.15, 0.2) is 5.70 Å². The Morgan fingerprint density at radius 3 is 2.47 bits per heavy atom. The Balaban J connectivity index is 1.99. The van der Waals surface area contributed by atoms with E-state index in [2.05, 4.69) is 4.99 Å². The quantitative estimate of drug-likeness (QED) is 0.568. The highest BCUT2D eigenvalue weighted by molar-refractivity contribution is 6.11. The maximum absolute atomic E-state index is 11.9. The highest BCUT2D eigenvalue weighted by Crippen LogP contribution is 2.22. The lowest BCUT2D eigenvalue weighted by atomic mass is 10.1. The number of carbonyl (C=O) groups is 1. The molecular formula is C15H12N2O2. The van der Waals surface area contributed by atoms with Crippen molar-refractivity contribution >= 4 is 11.9 Å². The van der Waals surface area contributed by atoms with Crippen molar-refractivity contribution in [3.63, 3.8) is 0 Å². The number of esters is 1. The Morgan fingerprint density at radius 1 is 1.11 bits per heavy atom. The van der Waals surface area contributed by atoms with Crippen LogP contribution in [0.3, 0.4) is 0 Å². The lowest BCUT2D eigenvalue weighted by Crippen LogP contribution is -2.07. The first-order valence-corrected chi connectivity index (χ1v) is 5.93. The van der Waals surface area contributed by atoms with Gasteiger partial charge in [0.05, 0.1) is 0 Å². The monoisotopic (exact) mass is 252 g/mol. The van der Waals surface area contributed by atoms with Crippen LogP contribution in [0, 0.1) is 0 Å². The normalized spacial score (nSPS) is 17.8. The van der Waals surface area contributed by atoms with Gasteiger partial charge >= 0.3 is 5.97 Å². The topological polar surface area (TPSA) is 41.9 Å². The van der Waals surface area contributed by atoms with Crippen LogP contribution in [0.15, 0.2) is 71.1 Å². The standard InChI is InChI=1S/C15H12N2O2/c1-17-9-7-11(8-10-17)13-15(18)19-14(16-13)12-5-3-2-4-6-12/h2-10H,1H3. The number of hydrogen-bond donors (Lipinski definition) is 0. The molecule has 1 aromatic carbocycles. The maximum Gasteiger partial charge on any atom is 0.364 e. The lowest BCUT2D eigenvalue weighted by Gasteiger charge is -2.11. The minimum absolute atomic E-state index is 0.347. The summed E-state index contributed by atoms with van der Waals surface area (Å²) in [5, 5.41) is 0. The first-order chi connectivity index (χ1) is 9.24. The second-order valence-electron chi connectivity index (χ2n) is 4.27. The van der Waals surface area contributed by atoms with E-state index in [0.717, 1.165) is 11.1 Å². The van der Waals surface area contributed by atoms with Crippen LogP contribution in [0.1, 0.15) is 5.56 Å². The molecule has 3 rings (SSSR count). The molecule has 0 spiro atoms. The smallest absolute Gasteiger partial charge is 0.364 e. The van der Waals surface area contributed by atoms with E-state index in [4.69, 9.17) is 4.74 Å². The maximum atomic E-state index is 11.9. The van der Waals surface area contributed by atoms with Crippen LogP contribution in [0.4, 0.5) is 0 Å². The second kappa shape index (κ2) is 4.57. The molecule has 0 atom stereocenters. The molecule has 94 valence electrons. The number of rotatable bonds is 1. The largest absolute Gasteiger partial charge is 0.402 e. The molecule has 0 bridgehead atoms. The van der Waals surface area contributed by atoms with E-state index in [0.29, 0.717) is 11.6 Å². The molecule has 0 aromatic heterocycles. The van der Waals surface area contributed by atoms with E-state index in [1.54, 1.807) is 0 Å². The van der Waals surface area contributed by atoms with Crippen LogP contribution < -0.4 is 0 Å². The third-order valence-electron chi connectivity index (χ3n) is 2.87. The fourth-order valence-corrected chi connectivity index (χ4v) is 1.85. The van der Waals surface area contributed by atoms with Crippen LogP contribution in [0.25, 0.3) is 0 Å². The minimum atomic E-state index is -0.410. The van der Waals surface area contributed by atoms with Gasteiger partial charge in [-0.25, -0.2) is 9.79 Å². The van der Waals surface area contributed by atoms with E-state index in [9.17, 15) is 4.79 Å². The molecule has 2 aliphatic rings. The Hall–Kier alpha value is -2.62. The predicted octanol–water partition coefficient (Wildman–Crippen LogP) is 2.22. The average molecular weight is 252 g/mol. The molecule has 2 aliphatic heterocycles. The lowest BCUT2D eigenvalue weighted by molar-refractivity contribution is -0.130. The summed E-state index contributed by atoms with van der Waals surface area (Å²) in [6.45, 7) is 0. The van der Waals surface area contributed by atoms with Crippen molar-refractivity contribution in [2.24, 2.45) is 4.99 Å². The molecule has 19 heavy (non-hydrogen) atoms. The summed E-state index contributed by atoms with van der Waals surface area (Å²) in [6.07, 6.45) is 7.42. The molecule has 4 heteroatoms. The molecule has 0 saturated heterocycles. The van der Waals surface area contributed by atoms with Crippen LogP contribution in [-0.2, 0) is 9.53 Å². The number of cyclic esters (lactones) is 1. The zero-order chi connectivity index (χ0) is 13.2. The van der Waals surface area contributed by atoms with Gasteiger partial charge in [-0.3, -0.25) is 0 Å². The van der Waals surface area contributed by atoms with E-state index < -0.39 is 5.97 Å². The number of hydrogen-bond acceptors (Lipinski definition) is 4. The van der Waals surface area contributed by atoms with Crippen LogP contribution in [0.5, 0.6) is 0 Å². The fourth-order valence-electron chi connectivity index (χ4n) is 1.85. The summed E-state index contributed by atoms with van der Waals surface area (Å²) in [6, 6.07) is 9.39. The number of allylic oxidation sites excluding steroid dienone is 3. The van der Waals surface area contributed by atoms with Gasteiger partial charge < -0.3 is 9.64 Å². The van der Waals surface area contributed by atoms with Crippen molar-refractivity contribution < 1.29 is 9.53 Å². The Bertz CT molecular complexity index is 623. The molecule has 0 aliphatic carbocycles. The highest BCUT2D eigenvalue weighted by atomic mass is 16.6. The number of nitrogens with zero attached hydrogens (tertiary/aromatic N) is 2. The molecule has 0 radical (unpaired) electrons. The molecule has 0 unspecified atom stereocenters. The van der Waals surface area contributed by atoms with Crippen molar-refractivity contribution in [2.45, 2.75) is 0 Å². The summed E-state index contributed by atoms with van der Waals surface area (Å²) in [5.74, 6) is -0.0541. The second-order valence-corrected chi connectivity index (χ2v) is 4.27. The number of benzene rings is 1. The molecule has 0 amide bonds. The SMILES string of the molecule is CN1C=CC(=C2N=C(c3ccccc3)OC2=O)C=C1. The van der Waals surface area contributed by atoms with Crippen molar-refractivity contribution in [1.82, 2.24) is 4.90 Å². The first kappa shape index (κ1) is 11.5. The van der Waals surface area contributed by atoms with Gasteiger partial charge in [-0.1, -0.05) is 18.2 Å². The Labute approximate surface area is 111 Å². The van der Waals surface area contributed by atoms with Gasteiger partial charge in [-0.2, -0.15) is 0 Å². The molecule has 2 heterocycles. The fraction of sp³-hybridized carbons (Fsp3) is 0.0667. The summed E-state index contributed by atoms with van der Waals surface area (Å²) in [4.78, 5) is 18.0. The highest BCUT2D eigenvalue weighted by Gasteiger charge is 2.26. The van der Waals surface area contributed by atoms with E-state index in [1.165, 1.54) is 0 Å². The van der Waals surface area contributed by atoms with Gasteiger partial charge in [-0.15, -0.1) is 0 Å². The predicted molar refractivity (Wildman–Crippen MR) is 72.1 cm³/mol. The average Bonchev–Trinajstić information content (AvgIpc) is 2.83. The molecule has 0 N–H and O–H groups in total. The van der Waals surface area contributed by atoms with Gasteiger partial charge in [0.1, 0.15) is 0 Å². The van der Waals surface area contributed by atoms with Crippen LogP contribution in [-0.4, -0.2) is 23.8 Å². The van der Waals surface area contributed by atoms with Gasteiger partial charge in [0.25, 0.3) is 0 Å². The molecule has 1 aromatic rings. The summed E-state index contributed by atoms with van der Waals surface area (Å²) in [7, 11) is 1.92. The van der Waals surface area contributed by atoms with Gasteiger partial charge in [-0.05, 0) is 24.3 Å². The third kappa shape index (κ3) is 2.20. The van der Waals surface area contributed by atoms with E-state index in [-0.39, 0.29) is 0 Å². The Kier molecular flexibility index (Phi) is 2.76. The van der Waals surface area contributed by atoms with Crippen LogP contribution >= 0.6 is 0 Å². The van der Waals surface area contributed by atoms with Gasteiger partial charge in [0, 0.05) is 30.6 Å². The van der Waals surface area contributed by atoms with Crippen molar-refractivity contribution in [3.8, 4) is 0 Å². The van der Waals surface area contributed by atoms with Crippen molar-refractivity contribution in [3.05, 3.63) is 71.7 Å². The third-order valence-corrected chi connectivity index (χ3v) is 2.87. The molecular weight excluding hydrogens is 240 g/mol. The zero-order valence-corrected chi connectivity index (χ0v) is 10.4. The molecule has 4 nitrogen and oxygen atoms in total. The number of aliphatic imine (C=N–C) groups is 1. The van der Waals surface area contributed by atoms with E-state index >= 15 is 0 Å². The van der Waals surface area contributed by atoms with Crippen molar-refractivity contribution in [1.29, 1.82) is 0 Å². The number of ether oxygens (including phenoxy) is 1. The van der Waals surface area contributed by atoms with Gasteiger partial charge in [0.2, 0.25) is 5.90 Å². The summed E-state index contributed by atoms with van der Waals surface area (Å²) >= 11 is 0. The number of carbonyl (C=O) groups excluding carboxylic acids is 1. The van der Waals surface area contributed by atoms with Crippen LogP contribution in [0.2, 0.25) is 0 Å². The summed E-state index contributed by atoms with van der Waals surface area (Å²) < 4.78 is 5.21. The molecule has 0 saturated carbocycles. The first-order valence-electron chi connectivity index (χ1n) is 5.93. The minimum Gasteiger partial charge on any atom is -0.402 e. The molecule has 0 fully saturated rings. The zero-order valence-electron chi connectivity index (χ0n) is 10.4. The van der Waals surface area contributed by atoms with Crippen molar-refractivity contribution in [2.75, 3.05) is 7.05 Å². The van der Waals surface area contributed by atoms with E-state index in [1.807, 2.05) is 66.8 Å².